The van der Waals surface area contributed by atoms with Crippen molar-refractivity contribution < 1.29 is 18.0 Å². The van der Waals surface area contributed by atoms with E-state index >= 15 is 0 Å². The Kier molecular flexibility index (Phi) is 7.04. The van der Waals surface area contributed by atoms with Crippen molar-refractivity contribution in [2.24, 2.45) is 5.92 Å². The van der Waals surface area contributed by atoms with Crippen LogP contribution in [0.3, 0.4) is 0 Å². The minimum absolute atomic E-state index is 0.116. The van der Waals surface area contributed by atoms with Gasteiger partial charge in [-0.25, -0.2) is 8.42 Å². The first-order valence-electron chi connectivity index (χ1n) is 8.83. The first-order chi connectivity index (χ1) is 12.5. The van der Waals surface area contributed by atoms with Crippen molar-refractivity contribution in [1.29, 1.82) is 0 Å². The zero-order chi connectivity index (χ0) is 20.2. The number of carbonyl (C=O) groups excluding carboxylic acids is 2. The van der Waals surface area contributed by atoms with Gasteiger partial charge in [-0.3, -0.25) is 9.59 Å². The molecule has 7 nitrogen and oxygen atoms in total. The Morgan fingerprint density at radius 3 is 2.44 bits per heavy atom. The lowest BCUT2D eigenvalue weighted by Gasteiger charge is -2.31. The number of piperidine rings is 1. The first kappa shape index (κ1) is 21.8. The van der Waals surface area contributed by atoms with E-state index in [0.717, 1.165) is 4.47 Å². The maximum atomic E-state index is 12.8. The maximum absolute atomic E-state index is 12.8. The molecule has 1 atom stereocenters. The summed E-state index contributed by atoms with van der Waals surface area (Å²) in [4.78, 5) is 24.5. The van der Waals surface area contributed by atoms with Gasteiger partial charge in [0.15, 0.2) is 0 Å². The second-order valence-corrected chi connectivity index (χ2v) is 10.5. The number of rotatable bonds is 5. The second-order valence-electron chi connectivity index (χ2n) is 7.67. The molecule has 1 aliphatic heterocycles. The van der Waals surface area contributed by atoms with E-state index < -0.39 is 15.9 Å². The predicted octanol–water partition coefficient (Wildman–Crippen LogP) is 1.88. The molecule has 2 N–H and O–H groups in total. The summed E-state index contributed by atoms with van der Waals surface area (Å²) in [5.41, 5.74) is -0.373. The third-order valence-corrected chi connectivity index (χ3v) is 6.55. The summed E-state index contributed by atoms with van der Waals surface area (Å²) in [6, 6.07) is 6.43. The molecule has 2 amide bonds. The lowest BCUT2D eigenvalue weighted by molar-refractivity contribution is -0.129. The standard InChI is InChI=1S/C18H26BrN3O4S/c1-18(2,3)21-16(23)11-20-17(24)13-5-4-10-22(12-13)27(25,26)15-8-6-14(19)7-9-15/h6-9,13H,4-5,10-12H2,1-3H3,(H,20,24)(H,21,23). The van der Waals surface area contributed by atoms with E-state index in [9.17, 15) is 18.0 Å². The Bertz CT molecular complexity index is 788. The monoisotopic (exact) mass is 459 g/mol. The number of nitrogens with one attached hydrogen (secondary N) is 2. The fourth-order valence-electron chi connectivity index (χ4n) is 2.90. The number of halogens is 1. The Balaban J connectivity index is 1.97. The molecule has 9 heteroatoms. The van der Waals surface area contributed by atoms with Gasteiger partial charge in [-0.05, 0) is 57.9 Å². The number of carbonyl (C=O) groups is 2. The normalized spacial score (nSPS) is 18.7. The molecule has 1 aromatic rings. The zero-order valence-corrected chi connectivity index (χ0v) is 18.2. The first-order valence-corrected chi connectivity index (χ1v) is 11.1. The predicted molar refractivity (Wildman–Crippen MR) is 107 cm³/mol. The average Bonchev–Trinajstić information content (AvgIpc) is 2.58. The van der Waals surface area contributed by atoms with Crippen LogP contribution in [0, 0.1) is 5.92 Å². The molecule has 1 heterocycles. The molecule has 0 aromatic heterocycles. The molecule has 27 heavy (non-hydrogen) atoms. The maximum Gasteiger partial charge on any atom is 0.243 e. The van der Waals surface area contributed by atoms with Crippen molar-refractivity contribution in [1.82, 2.24) is 14.9 Å². The van der Waals surface area contributed by atoms with E-state index in [1.807, 2.05) is 20.8 Å². The molecule has 0 bridgehead atoms. The number of sulfonamides is 1. The second kappa shape index (κ2) is 8.70. The van der Waals surface area contributed by atoms with Crippen molar-refractivity contribution in [3.8, 4) is 0 Å². The Labute approximate surface area is 169 Å². The van der Waals surface area contributed by atoms with Crippen LogP contribution in [0.4, 0.5) is 0 Å². The molecule has 1 aromatic carbocycles. The molecular weight excluding hydrogens is 434 g/mol. The molecule has 0 radical (unpaired) electrons. The van der Waals surface area contributed by atoms with Gasteiger partial charge in [0.05, 0.1) is 17.4 Å². The lowest BCUT2D eigenvalue weighted by Crippen LogP contribution is -2.49. The Hall–Kier alpha value is -1.45. The fraction of sp³-hybridized carbons (Fsp3) is 0.556. The number of hydrogen-bond acceptors (Lipinski definition) is 4. The third-order valence-electron chi connectivity index (χ3n) is 4.14. The molecule has 1 fully saturated rings. The minimum atomic E-state index is -3.65. The van der Waals surface area contributed by atoms with Crippen molar-refractivity contribution in [2.45, 2.75) is 44.0 Å². The van der Waals surface area contributed by atoms with Crippen LogP contribution in [0.25, 0.3) is 0 Å². The van der Waals surface area contributed by atoms with E-state index in [-0.39, 0.29) is 35.3 Å². The van der Waals surface area contributed by atoms with Gasteiger partial charge in [0, 0.05) is 23.1 Å². The summed E-state index contributed by atoms with van der Waals surface area (Å²) in [6.45, 7) is 5.96. The van der Waals surface area contributed by atoms with Crippen LogP contribution in [-0.2, 0) is 19.6 Å². The van der Waals surface area contributed by atoms with Crippen LogP contribution in [0.5, 0.6) is 0 Å². The van der Waals surface area contributed by atoms with Gasteiger partial charge >= 0.3 is 0 Å². The summed E-state index contributed by atoms with van der Waals surface area (Å²) >= 11 is 3.29. The SMILES string of the molecule is CC(C)(C)NC(=O)CNC(=O)C1CCCN(S(=O)(=O)c2ccc(Br)cc2)C1. The van der Waals surface area contributed by atoms with E-state index in [0.29, 0.717) is 19.4 Å². The molecule has 0 aliphatic carbocycles. The minimum Gasteiger partial charge on any atom is -0.350 e. The Morgan fingerprint density at radius 1 is 1.22 bits per heavy atom. The van der Waals surface area contributed by atoms with Crippen molar-refractivity contribution in [3.63, 3.8) is 0 Å². The largest absolute Gasteiger partial charge is 0.350 e. The number of nitrogens with zero attached hydrogens (tertiary/aromatic N) is 1. The number of hydrogen-bond donors (Lipinski definition) is 2. The lowest BCUT2D eigenvalue weighted by atomic mass is 9.99. The van der Waals surface area contributed by atoms with Gasteiger partial charge in [0.2, 0.25) is 21.8 Å². The molecule has 150 valence electrons. The summed E-state index contributed by atoms with van der Waals surface area (Å²) in [6.07, 6.45) is 1.20. The van der Waals surface area contributed by atoms with Crippen molar-refractivity contribution >= 4 is 37.8 Å². The van der Waals surface area contributed by atoms with Gasteiger partial charge < -0.3 is 10.6 Å². The average molecular weight is 460 g/mol. The summed E-state index contributed by atoms with van der Waals surface area (Å²) in [5.74, 6) is -1.04. The number of amides is 2. The van der Waals surface area contributed by atoms with E-state index in [2.05, 4.69) is 26.6 Å². The van der Waals surface area contributed by atoms with E-state index in [1.165, 1.54) is 4.31 Å². The van der Waals surface area contributed by atoms with Crippen LogP contribution in [0.15, 0.2) is 33.6 Å². The highest BCUT2D eigenvalue weighted by atomic mass is 79.9. The summed E-state index contributed by atoms with van der Waals surface area (Å²) < 4.78 is 27.8. The zero-order valence-electron chi connectivity index (χ0n) is 15.8. The topological polar surface area (TPSA) is 95.6 Å². The molecule has 0 spiro atoms. The van der Waals surface area contributed by atoms with Gasteiger partial charge in [-0.15, -0.1) is 0 Å². The van der Waals surface area contributed by atoms with Gasteiger partial charge in [-0.1, -0.05) is 15.9 Å². The summed E-state index contributed by atoms with van der Waals surface area (Å²) in [7, 11) is -3.65. The van der Waals surface area contributed by atoms with Crippen LogP contribution in [-0.4, -0.2) is 49.7 Å². The molecule has 0 saturated carbocycles. The Morgan fingerprint density at radius 2 is 1.85 bits per heavy atom. The van der Waals surface area contributed by atoms with Crippen molar-refractivity contribution in [2.75, 3.05) is 19.6 Å². The van der Waals surface area contributed by atoms with Crippen molar-refractivity contribution in [3.05, 3.63) is 28.7 Å². The fourth-order valence-corrected chi connectivity index (χ4v) is 4.69. The van der Waals surface area contributed by atoms with Crippen LogP contribution < -0.4 is 10.6 Å². The highest BCUT2D eigenvalue weighted by Gasteiger charge is 2.33. The molecular formula is C18H26BrN3O4S. The van der Waals surface area contributed by atoms with Crippen LogP contribution >= 0.6 is 15.9 Å². The number of benzene rings is 1. The molecule has 1 saturated heterocycles. The van der Waals surface area contributed by atoms with Crippen LogP contribution in [0.1, 0.15) is 33.6 Å². The van der Waals surface area contributed by atoms with Gasteiger partial charge in [0.25, 0.3) is 0 Å². The smallest absolute Gasteiger partial charge is 0.243 e. The van der Waals surface area contributed by atoms with Gasteiger partial charge in [0.1, 0.15) is 0 Å². The third kappa shape index (κ3) is 6.29. The summed E-state index contributed by atoms with van der Waals surface area (Å²) in [5, 5.41) is 5.39. The quantitative estimate of drug-likeness (QED) is 0.702. The van der Waals surface area contributed by atoms with Crippen LogP contribution in [0.2, 0.25) is 0 Å². The van der Waals surface area contributed by atoms with E-state index in [4.69, 9.17) is 0 Å². The molecule has 1 unspecified atom stereocenters. The van der Waals surface area contributed by atoms with E-state index in [1.54, 1.807) is 24.3 Å². The highest BCUT2D eigenvalue weighted by molar-refractivity contribution is 9.10. The molecule has 1 aliphatic rings. The molecule has 2 rings (SSSR count). The van der Waals surface area contributed by atoms with Gasteiger partial charge in [-0.2, -0.15) is 4.31 Å². The highest BCUT2D eigenvalue weighted by Crippen LogP contribution is 2.24.